The van der Waals surface area contributed by atoms with Gasteiger partial charge in [0.25, 0.3) is 5.91 Å². The number of aryl methyl sites for hydroxylation is 1. The highest BCUT2D eigenvalue weighted by molar-refractivity contribution is 8.00. The van der Waals surface area contributed by atoms with Crippen molar-refractivity contribution < 1.29 is 14.3 Å². The fourth-order valence-corrected chi connectivity index (χ4v) is 3.54. The lowest BCUT2D eigenvalue weighted by atomic mass is 10.2. The van der Waals surface area contributed by atoms with Crippen LogP contribution >= 0.6 is 23.1 Å². The van der Waals surface area contributed by atoms with Crippen molar-refractivity contribution in [3.05, 3.63) is 59.1 Å². The topological polar surface area (TPSA) is 93.2 Å². The van der Waals surface area contributed by atoms with Gasteiger partial charge in [-0.2, -0.15) is 0 Å². The van der Waals surface area contributed by atoms with Gasteiger partial charge in [0.2, 0.25) is 11.0 Å². The van der Waals surface area contributed by atoms with Crippen molar-refractivity contribution in [3.8, 4) is 5.75 Å². The Balaban J connectivity index is 1.50. The molecular weight excluding hydrogens is 396 g/mol. The molecule has 28 heavy (non-hydrogen) atoms. The van der Waals surface area contributed by atoms with Crippen molar-refractivity contribution in [3.63, 3.8) is 0 Å². The Kier molecular flexibility index (Phi) is 6.62. The molecule has 0 atom stereocenters. The summed E-state index contributed by atoms with van der Waals surface area (Å²) in [4.78, 5) is 25.1. The third-order valence-corrected chi connectivity index (χ3v) is 5.37. The second-order valence-electron chi connectivity index (χ2n) is 5.67. The van der Waals surface area contributed by atoms with E-state index in [9.17, 15) is 9.59 Å². The Morgan fingerprint density at radius 2 is 1.75 bits per heavy atom. The van der Waals surface area contributed by atoms with Gasteiger partial charge in [-0.15, -0.1) is 22.0 Å². The van der Waals surface area contributed by atoms with E-state index in [1.807, 2.05) is 19.1 Å². The summed E-state index contributed by atoms with van der Waals surface area (Å²) < 4.78 is 5.09. The molecule has 2 aromatic carbocycles. The van der Waals surface area contributed by atoms with Crippen LogP contribution in [-0.2, 0) is 4.79 Å². The molecule has 0 aliphatic heterocycles. The van der Waals surface area contributed by atoms with E-state index in [-0.39, 0.29) is 17.6 Å². The number of aromatic nitrogens is 2. The molecule has 0 radical (unpaired) electrons. The van der Waals surface area contributed by atoms with E-state index >= 15 is 0 Å². The van der Waals surface area contributed by atoms with E-state index in [1.54, 1.807) is 43.5 Å². The molecule has 0 saturated carbocycles. The highest BCUT2D eigenvalue weighted by Crippen LogP contribution is 2.22. The molecule has 0 unspecified atom stereocenters. The quantitative estimate of drug-likeness (QED) is 0.571. The monoisotopic (exact) mass is 414 g/mol. The first-order valence-electron chi connectivity index (χ1n) is 8.32. The predicted octanol–water partition coefficient (Wildman–Crippen LogP) is 3.84. The highest BCUT2D eigenvalue weighted by Gasteiger charge is 2.09. The molecule has 144 valence electrons. The second kappa shape index (κ2) is 9.34. The molecule has 2 amide bonds. The minimum Gasteiger partial charge on any atom is -0.497 e. The largest absolute Gasteiger partial charge is 0.497 e. The molecule has 2 N–H and O–H groups in total. The lowest BCUT2D eigenvalue weighted by Crippen LogP contribution is -2.13. The number of carbonyl (C=O) groups excluding carboxylic acids is 2. The van der Waals surface area contributed by atoms with Gasteiger partial charge >= 0.3 is 0 Å². The van der Waals surface area contributed by atoms with Gasteiger partial charge < -0.3 is 10.1 Å². The number of hydrogen-bond acceptors (Lipinski definition) is 7. The summed E-state index contributed by atoms with van der Waals surface area (Å²) in [6.45, 7) is 1.83. The van der Waals surface area contributed by atoms with Crippen LogP contribution in [0.1, 0.15) is 15.4 Å². The number of thioether (sulfide) groups is 1. The number of benzene rings is 2. The van der Waals surface area contributed by atoms with E-state index in [4.69, 9.17) is 4.74 Å². The van der Waals surface area contributed by atoms with Crippen LogP contribution in [0.25, 0.3) is 0 Å². The summed E-state index contributed by atoms with van der Waals surface area (Å²) in [6, 6.07) is 14.2. The number of hydrogen-bond donors (Lipinski definition) is 2. The van der Waals surface area contributed by atoms with E-state index in [1.165, 1.54) is 23.1 Å². The third-order valence-electron chi connectivity index (χ3n) is 3.61. The van der Waals surface area contributed by atoms with Crippen molar-refractivity contribution in [2.24, 2.45) is 0 Å². The molecule has 0 spiro atoms. The number of carbonyl (C=O) groups is 2. The number of anilines is 2. The van der Waals surface area contributed by atoms with Gasteiger partial charge in [0.1, 0.15) is 10.8 Å². The van der Waals surface area contributed by atoms with Gasteiger partial charge in [-0.3, -0.25) is 14.9 Å². The number of nitrogens with zero attached hydrogens (tertiary/aromatic N) is 2. The van der Waals surface area contributed by atoms with Gasteiger partial charge in [0.15, 0.2) is 0 Å². The Morgan fingerprint density at radius 1 is 1.04 bits per heavy atom. The van der Waals surface area contributed by atoms with Gasteiger partial charge in [0, 0.05) is 16.1 Å². The minimum atomic E-state index is -0.199. The van der Waals surface area contributed by atoms with Crippen molar-refractivity contribution in [2.75, 3.05) is 23.5 Å². The Labute approximate surface area is 170 Å². The number of methoxy groups -OCH3 is 1. The van der Waals surface area contributed by atoms with Crippen LogP contribution in [0, 0.1) is 6.92 Å². The van der Waals surface area contributed by atoms with Gasteiger partial charge in [-0.25, -0.2) is 0 Å². The minimum absolute atomic E-state index is 0.141. The van der Waals surface area contributed by atoms with Crippen LogP contribution < -0.4 is 15.4 Å². The van der Waals surface area contributed by atoms with Crippen LogP contribution in [0.4, 0.5) is 10.8 Å². The summed E-state index contributed by atoms with van der Waals surface area (Å²) in [5, 5.41) is 14.6. The maximum Gasteiger partial charge on any atom is 0.255 e. The predicted molar refractivity (Wildman–Crippen MR) is 111 cm³/mol. The molecule has 0 aliphatic rings. The first-order valence-corrected chi connectivity index (χ1v) is 10.1. The zero-order valence-corrected chi connectivity index (χ0v) is 16.9. The Hall–Kier alpha value is -2.91. The summed E-state index contributed by atoms with van der Waals surface area (Å²) in [7, 11) is 1.58. The van der Waals surface area contributed by atoms with E-state index < -0.39 is 0 Å². The molecule has 0 bridgehead atoms. The summed E-state index contributed by atoms with van der Waals surface area (Å²) >= 11 is 2.74. The Bertz CT molecular complexity index is 956. The van der Waals surface area contributed by atoms with Crippen molar-refractivity contribution in [1.82, 2.24) is 10.2 Å². The molecule has 1 aromatic heterocycles. The van der Waals surface area contributed by atoms with Crippen LogP contribution in [0.5, 0.6) is 5.75 Å². The average molecular weight is 415 g/mol. The number of amides is 2. The molecule has 0 saturated heterocycles. The number of nitrogens with one attached hydrogen (secondary N) is 2. The second-order valence-corrected chi connectivity index (χ2v) is 7.90. The molecule has 1 heterocycles. The fraction of sp³-hybridized carbons (Fsp3) is 0.158. The van der Waals surface area contributed by atoms with E-state index in [0.717, 1.165) is 9.90 Å². The molecule has 3 aromatic rings. The lowest BCUT2D eigenvalue weighted by molar-refractivity contribution is -0.113. The Morgan fingerprint density at radius 3 is 2.36 bits per heavy atom. The molecular formula is C19H18N4O3S2. The van der Waals surface area contributed by atoms with E-state index in [2.05, 4.69) is 20.8 Å². The normalized spacial score (nSPS) is 10.4. The van der Waals surface area contributed by atoms with Gasteiger partial charge in [-0.1, -0.05) is 11.3 Å². The van der Waals surface area contributed by atoms with Gasteiger partial charge in [-0.05, 0) is 55.5 Å². The first-order chi connectivity index (χ1) is 13.5. The van der Waals surface area contributed by atoms with Gasteiger partial charge in [0.05, 0.1) is 12.9 Å². The van der Waals surface area contributed by atoms with Crippen LogP contribution in [-0.4, -0.2) is 34.9 Å². The zero-order chi connectivity index (χ0) is 19.9. The lowest BCUT2D eigenvalue weighted by Gasteiger charge is -2.07. The molecule has 0 fully saturated rings. The number of rotatable bonds is 7. The average Bonchev–Trinajstić information content (AvgIpc) is 3.12. The van der Waals surface area contributed by atoms with E-state index in [0.29, 0.717) is 22.1 Å². The standard InChI is InChI=1S/C19H18N4O3S2/c1-12-22-23-19(28-12)21-17(24)11-27-16-9-5-14(6-10-16)20-18(25)13-3-7-15(26-2)8-4-13/h3-10H,11H2,1-2H3,(H,20,25)(H,21,23,24). The SMILES string of the molecule is COc1ccc(C(=O)Nc2ccc(SCC(=O)Nc3nnc(C)s3)cc2)cc1. The van der Waals surface area contributed by atoms with Crippen LogP contribution in [0.15, 0.2) is 53.4 Å². The maximum absolute atomic E-state index is 12.3. The summed E-state index contributed by atoms with van der Waals surface area (Å²) in [6.07, 6.45) is 0. The molecule has 3 rings (SSSR count). The van der Waals surface area contributed by atoms with Crippen molar-refractivity contribution in [2.45, 2.75) is 11.8 Å². The summed E-state index contributed by atoms with van der Waals surface area (Å²) in [5.74, 6) is 0.618. The molecule has 0 aliphatic carbocycles. The molecule has 7 nitrogen and oxygen atoms in total. The third kappa shape index (κ3) is 5.54. The summed E-state index contributed by atoms with van der Waals surface area (Å²) in [5.41, 5.74) is 1.22. The van der Waals surface area contributed by atoms with Crippen molar-refractivity contribution >= 4 is 45.7 Å². The maximum atomic E-state index is 12.3. The van der Waals surface area contributed by atoms with Crippen molar-refractivity contribution in [1.29, 1.82) is 0 Å². The van der Waals surface area contributed by atoms with Crippen LogP contribution in [0.2, 0.25) is 0 Å². The van der Waals surface area contributed by atoms with Crippen LogP contribution in [0.3, 0.4) is 0 Å². The zero-order valence-electron chi connectivity index (χ0n) is 15.3. The first kappa shape index (κ1) is 19.8. The molecule has 9 heteroatoms. The fourth-order valence-electron chi connectivity index (χ4n) is 2.23. The number of ether oxygens (including phenoxy) is 1. The highest BCUT2D eigenvalue weighted by atomic mass is 32.2. The smallest absolute Gasteiger partial charge is 0.255 e.